The lowest BCUT2D eigenvalue weighted by atomic mass is 10.0. The van der Waals surface area contributed by atoms with E-state index in [1.807, 2.05) is 13.8 Å². The molecule has 0 aliphatic carbocycles. The van der Waals surface area contributed by atoms with Gasteiger partial charge in [-0.2, -0.15) is 0 Å². The van der Waals surface area contributed by atoms with Gasteiger partial charge in [-0.3, -0.25) is 9.59 Å². The van der Waals surface area contributed by atoms with Crippen molar-refractivity contribution in [2.24, 2.45) is 0 Å². The second-order valence-electron chi connectivity index (χ2n) is 7.97. The van der Waals surface area contributed by atoms with Crippen LogP contribution in [0.4, 0.5) is 4.79 Å². The smallest absolute Gasteiger partial charge is 0.408 e. The molecule has 1 rings (SSSR count). The number of ether oxygens (including phenoxy) is 1. The van der Waals surface area contributed by atoms with Crippen molar-refractivity contribution in [2.45, 2.75) is 59.2 Å². The van der Waals surface area contributed by atoms with Crippen molar-refractivity contribution in [3.05, 3.63) is 29.3 Å². The number of phenolic OH excluding ortho intramolecular Hbond substituents is 1. The average Bonchev–Trinajstić information content (AvgIpc) is 2.53. The molecule has 1 atom stereocenters. The Morgan fingerprint density at radius 2 is 1.82 bits per heavy atom. The quantitative estimate of drug-likeness (QED) is 0.687. The number of hydrogen-bond donors (Lipinski definition) is 3. The molecule has 0 heterocycles. The van der Waals surface area contributed by atoms with Gasteiger partial charge in [-0.15, -0.1) is 0 Å². The number of alkyl carbamates (subject to hydrolysis) is 1. The Morgan fingerprint density at radius 3 is 2.32 bits per heavy atom. The van der Waals surface area contributed by atoms with E-state index in [-0.39, 0.29) is 24.2 Å². The summed E-state index contributed by atoms with van der Waals surface area (Å²) in [7, 11) is 1.49. The van der Waals surface area contributed by atoms with E-state index in [0.29, 0.717) is 11.1 Å². The van der Waals surface area contributed by atoms with Gasteiger partial charge in [-0.1, -0.05) is 6.07 Å². The molecule has 8 nitrogen and oxygen atoms in total. The summed E-state index contributed by atoms with van der Waals surface area (Å²) in [6.45, 7) is 10.2. The summed E-state index contributed by atoms with van der Waals surface area (Å²) in [5, 5.41) is 15.0. The van der Waals surface area contributed by atoms with Gasteiger partial charge >= 0.3 is 6.09 Å². The zero-order valence-electron chi connectivity index (χ0n) is 17.6. The average molecular weight is 393 g/mol. The molecule has 28 heavy (non-hydrogen) atoms. The zero-order valence-corrected chi connectivity index (χ0v) is 17.6. The Bertz CT molecular complexity index is 725. The fraction of sp³-hybridized carbons (Fsp3) is 0.550. The second kappa shape index (κ2) is 9.43. The first-order valence-electron chi connectivity index (χ1n) is 9.14. The van der Waals surface area contributed by atoms with Crippen LogP contribution in [0.1, 0.15) is 51.8 Å². The van der Waals surface area contributed by atoms with E-state index in [4.69, 9.17) is 4.74 Å². The van der Waals surface area contributed by atoms with E-state index in [1.165, 1.54) is 18.0 Å². The normalized spacial score (nSPS) is 12.3. The maximum Gasteiger partial charge on any atom is 0.408 e. The first-order valence-corrected chi connectivity index (χ1v) is 9.14. The van der Waals surface area contributed by atoms with Gasteiger partial charge < -0.3 is 25.4 Å². The lowest BCUT2D eigenvalue weighted by Gasteiger charge is -2.29. The van der Waals surface area contributed by atoms with Crippen LogP contribution in [0.5, 0.6) is 5.75 Å². The van der Waals surface area contributed by atoms with Crippen molar-refractivity contribution in [1.82, 2.24) is 15.5 Å². The van der Waals surface area contributed by atoms with E-state index < -0.39 is 23.6 Å². The van der Waals surface area contributed by atoms with Gasteiger partial charge in [0.05, 0.1) is 0 Å². The van der Waals surface area contributed by atoms with Gasteiger partial charge in [0, 0.05) is 13.1 Å². The molecule has 8 heteroatoms. The zero-order chi connectivity index (χ0) is 21.6. The van der Waals surface area contributed by atoms with Gasteiger partial charge in [-0.25, -0.2) is 4.79 Å². The number of likely N-dealkylation sites (N-methyl/N-ethyl adjacent to an activating group) is 1. The number of aromatic hydroxyl groups is 1. The van der Waals surface area contributed by atoms with Crippen molar-refractivity contribution >= 4 is 17.9 Å². The molecule has 3 N–H and O–H groups in total. The Hall–Kier alpha value is -2.77. The van der Waals surface area contributed by atoms with E-state index in [0.717, 1.165) is 0 Å². The number of carbonyl (C=O) groups is 3. The highest BCUT2D eigenvalue weighted by Crippen LogP contribution is 2.25. The molecule has 1 aromatic carbocycles. The topological polar surface area (TPSA) is 108 Å². The molecule has 1 aromatic rings. The van der Waals surface area contributed by atoms with Gasteiger partial charge in [0.25, 0.3) is 0 Å². The number of carbonyl (C=O) groups excluding carboxylic acids is 3. The minimum atomic E-state index is -0.908. The molecule has 0 aliphatic heterocycles. The van der Waals surface area contributed by atoms with Crippen LogP contribution in [-0.4, -0.2) is 53.1 Å². The third-order valence-corrected chi connectivity index (χ3v) is 3.78. The maximum atomic E-state index is 12.7. The lowest BCUT2D eigenvalue weighted by molar-refractivity contribution is -0.138. The van der Waals surface area contributed by atoms with Crippen molar-refractivity contribution in [2.75, 3.05) is 13.6 Å². The number of nitrogens with zero attached hydrogens (tertiary/aromatic N) is 1. The SMILES string of the molecule is Cc1cc(C(C(=O)NC(C)C)N(C)C(=O)CNC(=O)OC(C)(C)C)ccc1O. The van der Waals surface area contributed by atoms with Crippen LogP contribution >= 0.6 is 0 Å². The molecular formula is C20H31N3O5. The first kappa shape index (κ1) is 23.3. The number of benzene rings is 1. The molecular weight excluding hydrogens is 362 g/mol. The van der Waals surface area contributed by atoms with Gasteiger partial charge in [-0.05, 0) is 64.8 Å². The summed E-state index contributed by atoms with van der Waals surface area (Å²) in [4.78, 5) is 38.4. The molecule has 0 saturated carbocycles. The first-order chi connectivity index (χ1) is 12.8. The van der Waals surface area contributed by atoms with Crippen molar-refractivity contribution in [3.8, 4) is 5.75 Å². The highest BCUT2D eigenvalue weighted by Gasteiger charge is 2.29. The number of rotatable bonds is 6. The molecule has 0 bridgehead atoms. The van der Waals surface area contributed by atoms with Crippen LogP contribution in [0, 0.1) is 6.92 Å². The van der Waals surface area contributed by atoms with E-state index in [2.05, 4.69) is 10.6 Å². The Kier molecular flexibility index (Phi) is 7.84. The van der Waals surface area contributed by atoms with Crippen LogP contribution in [0.15, 0.2) is 18.2 Å². The monoisotopic (exact) mass is 393 g/mol. The van der Waals surface area contributed by atoms with Crippen LogP contribution < -0.4 is 10.6 Å². The molecule has 3 amide bonds. The minimum Gasteiger partial charge on any atom is -0.508 e. The summed E-state index contributed by atoms with van der Waals surface area (Å²) in [5.41, 5.74) is 0.469. The summed E-state index contributed by atoms with van der Waals surface area (Å²) < 4.78 is 5.11. The largest absolute Gasteiger partial charge is 0.508 e. The predicted molar refractivity (Wildman–Crippen MR) is 106 cm³/mol. The third-order valence-electron chi connectivity index (χ3n) is 3.78. The lowest BCUT2D eigenvalue weighted by Crippen LogP contribution is -2.47. The van der Waals surface area contributed by atoms with Crippen molar-refractivity contribution in [3.63, 3.8) is 0 Å². The number of aryl methyl sites for hydroxylation is 1. The molecule has 0 aliphatic rings. The standard InChI is InChI=1S/C20H31N3O5/c1-12(2)22-18(26)17(14-8-9-15(24)13(3)10-14)23(7)16(25)11-21-19(27)28-20(4,5)6/h8-10,12,17,24H,11H2,1-7H3,(H,21,27)(H,22,26). The number of amides is 3. The Morgan fingerprint density at radius 1 is 1.21 bits per heavy atom. The summed E-state index contributed by atoms with van der Waals surface area (Å²) in [6.07, 6.45) is -0.710. The minimum absolute atomic E-state index is 0.104. The predicted octanol–water partition coefficient (Wildman–Crippen LogP) is 2.25. The summed E-state index contributed by atoms with van der Waals surface area (Å²) in [5.74, 6) is -0.707. The van der Waals surface area contributed by atoms with Crippen LogP contribution in [0.25, 0.3) is 0 Å². The molecule has 1 unspecified atom stereocenters. The maximum absolute atomic E-state index is 12.7. The van der Waals surface area contributed by atoms with Gasteiger partial charge in [0.1, 0.15) is 23.9 Å². The Labute approximate surface area is 166 Å². The van der Waals surface area contributed by atoms with E-state index in [9.17, 15) is 19.5 Å². The summed E-state index contributed by atoms with van der Waals surface area (Å²) >= 11 is 0. The molecule has 0 saturated heterocycles. The van der Waals surface area contributed by atoms with E-state index in [1.54, 1.807) is 39.8 Å². The number of phenols is 1. The van der Waals surface area contributed by atoms with Crippen LogP contribution in [0.3, 0.4) is 0 Å². The molecule has 156 valence electrons. The fourth-order valence-corrected chi connectivity index (χ4v) is 2.49. The van der Waals surface area contributed by atoms with Crippen LogP contribution in [0.2, 0.25) is 0 Å². The van der Waals surface area contributed by atoms with Gasteiger partial charge in [0.2, 0.25) is 11.8 Å². The number of hydrogen-bond acceptors (Lipinski definition) is 5. The fourth-order valence-electron chi connectivity index (χ4n) is 2.49. The molecule has 0 aromatic heterocycles. The Balaban J connectivity index is 2.99. The third kappa shape index (κ3) is 7.09. The molecule has 0 fully saturated rings. The summed E-state index contributed by atoms with van der Waals surface area (Å²) in [6, 6.07) is 3.71. The van der Waals surface area contributed by atoms with Crippen molar-refractivity contribution < 1.29 is 24.2 Å². The molecule has 0 spiro atoms. The second-order valence-corrected chi connectivity index (χ2v) is 7.97. The number of nitrogens with one attached hydrogen (secondary N) is 2. The highest BCUT2D eigenvalue weighted by atomic mass is 16.6. The van der Waals surface area contributed by atoms with Crippen molar-refractivity contribution in [1.29, 1.82) is 0 Å². The van der Waals surface area contributed by atoms with Crippen LogP contribution in [-0.2, 0) is 14.3 Å². The highest BCUT2D eigenvalue weighted by molar-refractivity contribution is 5.90. The van der Waals surface area contributed by atoms with Gasteiger partial charge in [0.15, 0.2) is 0 Å². The molecule has 0 radical (unpaired) electrons. The van der Waals surface area contributed by atoms with E-state index >= 15 is 0 Å².